The minimum atomic E-state index is -0.213. The monoisotopic (exact) mass is 251 g/mol. The first-order valence-corrected chi connectivity index (χ1v) is 7.31. The van der Waals surface area contributed by atoms with Crippen molar-refractivity contribution in [3.05, 3.63) is 12.7 Å². The van der Waals surface area contributed by atoms with E-state index in [1.165, 1.54) is 6.42 Å². The van der Waals surface area contributed by atoms with Crippen LogP contribution in [0.1, 0.15) is 59.8 Å². The van der Waals surface area contributed by atoms with E-state index in [4.69, 9.17) is 0 Å². The SMILES string of the molecule is C=CCC(CC)(CC)C(=O)N1CCCC(C)(C)C1. The van der Waals surface area contributed by atoms with Crippen LogP contribution in [-0.2, 0) is 4.79 Å². The number of hydrogen-bond donors (Lipinski definition) is 0. The first-order chi connectivity index (χ1) is 8.40. The van der Waals surface area contributed by atoms with Gasteiger partial charge >= 0.3 is 0 Å². The molecule has 0 unspecified atom stereocenters. The number of rotatable bonds is 5. The topological polar surface area (TPSA) is 20.3 Å². The van der Waals surface area contributed by atoms with E-state index < -0.39 is 0 Å². The van der Waals surface area contributed by atoms with E-state index in [0.29, 0.717) is 5.91 Å². The largest absolute Gasteiger partial charge is 0.342 e. The molecule has 1 aliphatic heterocycles. The molecule has 0 radical (unpaired) electrons. The van der Waals surface area contributed by atoms with Gasteiger partial charge in [-0.05, 0) is 37.5 Å². The van der Waals surface area contributed by atoms with Crippen LogP contribution in [0, 0.1) is 10.8 Å². The molecule has 0 atom stereocenters. The highest BCUT2D eigenvalue weighted by Gasteiger charge is 2.39. The molecular formula is C16H29NO. The Labute approximate surface area is 112 Å². The third-order valence-electron chi connectivity index (χ3n) is 4.53. The summed E-state index contributed by atoms with van der Waals surface area (Å²) in [4.78, 5) is 14.9. The second-order valence-electron chi connectivity index (χ2n) is 6.47. The van der Waals surface area contributed by atoms with E-state index in [-0.39, 0.29) is 10.8 Å². The predicted molar refractivity (Wildman–Crippen MR) is 77.4 cm³/mol. The first-order valence-electron chi connectivity index (χ1n) is 7.31. The van der Waals surface area contributed by atoms with Crippen molar-refractivity contribution in [2.24, 2.45) is 10.8 Å². The highest BCUT2D eigenvalue weighted by Crippen LogP contribution is 2.37. The Morgan fingerprint density at radius 1 is 1.39 bits per heavy atom. The summed E-state index contributed by atoms with van der Waals surface area (Å²) in [5.74, 6) is 0.347. The Morgan fingerprint density at radius 2 is 2.00 bits per heavy atom. The highest BCUT2D eigenvalue weighted by molar-refractivity contribution is 5.83. The maximum absolute atomic E-state index is 12.8. The van der Waals surface area contributed by atoms with Crippen LogP contribution in [0.2, 0.25) is 0 Å². The molecule has 2 heteroatoms. The maximum atomic E-state index is 12.8. The molecular weight excluding hydrogens is 222 g/mol. The molecule has 1 heterocycles. The lowest BCUT2D eigenvalue weighted by Crippen LogP contribution is -2.49. The van der Waals surface area contributed by atoms with Crippen molar-refractivity contribution in [1.82, 2.24) is 4.90 Å². The third kappa shape index (κ3) is 3.15. The lowest BCUT2D eigenvalue weighted by molar-refractivity contribution is -0.145. The first kappa shape index (κ1) is 15.3. The summed E-state index contributed by atoms with van der Waals surface area (Å²) in [6.45, 7) is 14.4. The van der Waals surface area contributed by atoms with Gasteiger partial charge in [0.05, 0.1) is 5.41 Å². The number of nitrogens with zero attached hydrogens (tertiary/aromatic N) is 1. The second-order valence-corrected chi connectivity index (χ2v) is 6.47. The smallest absolute Gasteiger partial charge is 0.229 e. The van der Waals surface area contributed by atoms with Crippen LogP contribution < -0.4 is 0 Å². The van der Waals surface area contributed by atoms with Gasteiger partial charge in [0, 0.05) is 13.1 Å². The molecule has 0 saturated carbocycles. The van der Waals surface area contributed by atoms with Gasteiger partial charge in [-0.15, -0.1) is 6.58 Å². The Kier molecular flexibility index (Phi) is 5.01. The number of likely N-dealkylation sites (tertiary alicyclic amines) is 1. The lowest BCUT2D eigenvalue weighted by atomic mass is 9.76. The molecule has 0 aliphatic carbocycles. The van der Waals surface area contributed by atoms with Gasteiger partial charge in [0.1, 0.15) is 0 Å². The molecule has 0 spiro atoms. The average molecular weight is 251 g/mol. The molecule has 0 aromatic rings. The van der Waals surface area contributed by atoms with Crippen LogP contribution in [0.4, 0.5) is 0 Å². The summed E-state index contributed by atoms with van der Waals surface area (Å²) in [6, 6.07) is 0. The number of carbonyl (C=O) groups is 1. The van der Waals surface area contributed by atoms with Crippen LogP contribution >= 0.6 is 0 Å². The number of allylic oxidation sites excluding steroid dienone is 1. The minimum Gasteiger partial charge on any atom is -0.342 e. The molecule has 0 aromatic heterocycles. The summed E-state index contributed by atoms with van der Waals surface area (Å²) in [7, 11) is 0. The predicted octanol–water partition coefficient (Wildman–Crippen LogP) is 4.02. The van der Waals surface area contributed by atoms with Crippen molar-refractivity contribution in [1.29, 1.82) is 0 Å². The van der Waals surface area contributed by atoms with Crippen LogP contribution in [0.15, 0.2) is 12.7 Å². The quantitative estimate of drug-likeness (QED) is 0.676. The molecule has 0 aromatic carbocycles. The summed E-state index contributed by atoms with van der Waals surface area (Å²) < 4.78 is 0. The summed E-state index contributed by atoms with van der Waals surface area (Å²) in [6.07, 6.45) is 6.88. The zero-order valence-electron chi connectivity index (χ0n) is 12.6. The molecule has 0 N–H and O–H groups in total. The van der Waals surface area contributed by atoms with Crippen molar-refractivity contribution in [2.75, 3.05) is 13.1 Å². The minimum absolute atomic E-state index is 0.213. The highest BCUT2D eigenvalue weighted by atomic mass is 16.2. The van der Waals surface area contributed by atoms with Gasteiger partial charge in [0.2, 0.25) is 5.91 Å². The van der Waals surface area contributed by atoms with Gasteiger partial charge in [-0.1, -0.05) is 33.8 Å². The average Bonchev–Trinajstić information content (AvgIpc) is 2.34. The van der Waals surface area contributed by atoms with Crippen molar-refractivity contribution in [3.63, 3.8) is 0 Å². The fourth-order valence-electron chi connectivity index (χ4n) is 3.14. The molecule has 2 nitrogen and oxygen atoms in total. The number of carbonyl (C=O) groups excluding carboxylic acids is 1. The number of hydrogen-bond acceptors (Lipinski definition) is 1. The van der Waals surface area contributed by atoms with Crippen molar-refractivity contribution >= 4 is 5.91 Å². The van der Waals surface area contributed by atoms with Crippen LogP contribution in [0.5, 0.6) is 0 Å². The molecule has 1 fully saturated rings. The van der Waals surface area contributed by atoms with Gasteiger partial charge in [-0.2, -0.15) is 0 Å². The van der Waals surface area contributed by atoms with Gasteiger partial charge in [0.25, 0.3) is 0 Å². The standard InChI is InChI=1S/C16H29NO/c1-6-10-16(7-2,8-3)14(18)17-12-9-11-15(4,5)13-17/h6H,1,7-13H2,2-5H3. The number of amides is 1. The summed E-state index contributed by atoms with van der Waals surface area (Å²) in [5.41, 5.74) is 0.0600. The fraction of sp³-hybridized carbons (Fsp3) is 0.812. The Hall–Kier alpha value is -0.790. The second kappa shape index (κ2) is 5.90. The molecule has 18 heavy (non-hydrogen) atoms. The van der Waals surface area contributed by atoms with Crippen LogP contribution in [0.25, 0.3) is 0 Å². The van der Waals surface area contributed by atoms with E-state index in [0.717, 1.165) is 38.8 Å². The number of piperidine rings is 1. The van der Waals surface area contributed by atoms with Gasteiger partial charge in [-0.25, -0.2) is 0 Å². The normalized spacial score (nSPS) is 19.7. The van der Waals surface area contributed by atoms with Gasteiger partial charge in [0.15, 0.2) is 0 Å². The Morgan fingerprint density at radius 3 is 2.44 bits per heavy atom. The molecule has 1 saturated heterocycles. The molecule has 104 valence electrons. The maximum Gasteiger partial charge on any atom is 0.229 e. The molecule has 0 bridgehead atoms. The zero-order valence-corrected chi connectivity index (χ0v) is 12.6. The van der Waals surface area contributed by atoms with E-state index in [2.05, 4.69) is 39.2 Å². The zero-order chi connectivity index (χ0) is 13.8. The van der Waals surface area contributed by atoms with Crippen molar-refractivity contribution in [3.8, 4) is 0 Å². The lowest BCUT2D eigenvalue weighted by Gasteiger charge is -2.43. The van der Waals surface area contributed by atoms with Crippen LogP contribution in [0.3, 0.4) is 0 Å². The Balaban J connectivity index is 2.86. The van der Waals surface area contributed by atoms with Crippen molar-refractivity contribution in [2.45, 2.75) is 59.8 Å². The fourth-order valence-corrected chi connectivity index (χ4v) is 3.14. The molecule has 1 rings (SSSR count). The van der Waals surface area contributed by atoms with E-state index in [1.807, 2.05) is 6.08 Å². The Bertz CT molecular complexity index is 302. The van der Waals surface area contributed by atoms with Crippen molar-refractivity contribution < 1.29 is 4.79 Å². The van der Waals surface area contributed by atoms with Gasteiger partial charge in [-0.3, -0.25) is 4.79 Å². The molecule has 1 aliphatic rings. The van der Waals surface area contributed by atoms with E-state index >= 15 is 0 Å². The van der Waals surface area contributed by atoms with Crippen LogP contribution in [-0.4, -0.2) is 23.9 Å². The molecule has 1 amide bonds. The summed E-state index contributed by atoms with van der Waals surface area (Å²) >= 11 is 0. The van der Waals surface area contributed by atoms with Gasteiger partial charge < -0.3 is 4.90 Å². The van der Waals surface area contributed by atoms with E-state index in [1.54, 1.807) is 0 Å². The summed E-state index contributed by atoms with van der Waals surface area (Å²) in [5, 5.41) is 0. The third-order valence-corrected chi connectivity index (χ3v) is 4.53. The van der Waals surface area contributed by atoms with E-state index in [9.17, 15) is 4.79 Å².